The first-order chi connectivity index (χ1) is 10.5. The molecule has 22 heavy (non-hydrogen) atoms. The molecule has 0 bridgehead atoms. The Labute approximate surface area is 131 Å². The number of carbonyl (C=O) groups excluding carboxylic acids is 1. The molecule has 5 nitrogen and oxygen atoms in total. The summed E-state index contributed by atoms with van der Waals surface area (Å²) in [5.74, 6) is -0.724. The van der Waals surface area contributed by atoms with Gasteiger partial charge in [0, 0.05) is 18.0 Å². The van der Waals surface area contributed by atoms with Gasteiger partial charge in [-0.25, -0.2) is 9.37 Å². The van der Waals surface area contributed by atoms with E-state index in [-0.39, 0.29) is 23.1 Å². The molecule has 2 rings (SSSR count). The topological polar surface area (TPSA) is 77.2 Å². The number of benzene rings is 1. The minimum absolute atomic E-state index is 0.0161. The van der Waals surface area contributed by atoms with Crippen molar-refractivity contribution in [3.8, 4) is 11.5 Å². The van der Waals surface area contributed by atoms with Gasteiger partial charge >= 0.3 is 0 Å². The number of rotatable bonds is 5. The average molecular weight is 322 g/mol. The molecule has 1 aromatic carbocycles. The highest BCUT2D eigenvalue weighted by Crippen LogP contribution is 2.31. The highest BCUT2D eigenvalue weighted by Gasteiger charge is 2.11. The lowest BCUT2D eigenvalue weighted by Gasteiger charge is -2.11. The predicted molar refractivity (Wildman–Crippen MR) is 84.6 cm³/mol. The Hall–Kier alpha value is -2.60. The summed E-state index contributed by atoms with van der Waals surface area (Å²) in [6.45, 7) is 3.62. The Kier molecular flexibility index (Phi) is 4.95. The summed E-state index contributed by atoms with van der Waals surface area (Å²) in [5, 5.41) is 2.44. The van der Waals surface area contributed by atoms with E-state index in [1.807, 2.05) is 0 Å². The van der Waals surface area contributed by atoms with E-state index in [1.165, 1.54) is 24.4 Å². The zero-order chi connectivity index (χ0) is 16.1. The van der Waals surface area contributed by atoms with Crippen molar-refractivity contribution in [2.75, 3.05) is 16.9 Å². The van der Waals surface area contributed by atoms with Gasteiger partial charge in [0.2, 0.25) is 5.91 Å². The van der Waals surface area contributed by atoms with Crippen LogP contribution in [0.4, 0.5) is 15.9 Å². The first-order valence-corrected chi connectivity index (χ1v) is 6.78. The summed E-state index contributed by atoms with van der Waals surface area (Å²) < 4.78 is 19.5. The molecule has 0 fully saturated rings. The number of anilines is 2. The van der Waals surface area contributed by atoms with Crippen LogP contribution >= 0.6 is 11.6 Å². The summed E-state index contributed by atoms with van der Waals surface area (Å²) in [7, 11) is 0. The molecule has 0 radical (unpaired) electrons. The maximum atomic E-state index is 14.0. The molecule has 0 unspecified atom stereocenters. The van der Waals surface area contributed by atoms with Crippen LogP contribution in [0.25, 0.3) is 6.08 Å². The Morgan fingerprint density at radius 1 is 1.45 bits per heavy atom. The number of halogens is 2. The Morgan fingerprint density at radius 2 is 2.23 bits per heavy atom. The number of hydrogen-bond acceptors (Lipinski definition) is 4. The Morgan fingerprint density at radius 3 is 2.86 bits per heavy atom. The second kappa shape index (κ2) is 6.91. The molecule has 7 heteroatoms. The summed E-state index contributed by atoms with van der Waals surface area (Å²) in [6, 6.07) is 5.58. The molecular weight excluding hydrogens is 309 g/mol. The standard InChI is InChI=1S/C15H13ClFN3O2/c1-2-10-12(5-6-19-15(10)18)22-13-4-3-9(7-11(13)17)20-14(21)8-16/h2-7H,1,8H2,(H2,18,19)(H,20,21). The number of ether oxygens (including phenoxy) is 1. The van der Waals surface area contributed by atoms with E-state index >= 15 is 0 Å². The molecule has 0 saturated carbocycles. The van der Waals surface area contributed by atoms with Crippen LogP contribution in [-0.2, 0) is 4.79 Å². The minimum atomic E-state index is -0.641. The summed E-state index contributed by atoms with van der Waals surface area (Å²) in [6.07, 6.45) is 2.93. The van der Waals surface area contributed by atoms with Crippen LogP contribution in [-0.4, -0.2) is 16.8 Å². The summed E-state index contributed by atoms with van der Waals surface area (Å²) in [5.41, 5.74) is 6.46. The van der Waals surface area contributed by atoms with Gasteiger partial charge in [-0.05, 0) is 18.2 Å². The SMILES string of the molecule is C=Cc1c(Oc2ccc(NC(=O)CCl)cc2F)ccnc1N. The van der Waals surface area contributed by atoms with Gasteiger partial charge in [0.05, 0.1) is 5.56 Å². The molecule has 0 saturated heterocycles. The van der Waals surface area contributed by atoms with Crippen LogP contribution in [0.3, 0.4) is 0 Å². The van der Waals surface area contributed by atoms with Crippen LogP contribution in [0.2, 0.25) is 0 Å². The van der Waals surface area contributed by atoms with Gasteiger partial charge in [0.1, 0.15) is 17.4 Å². The number of amides is 1. The number of aromatic nitrogens is 1. The number of alkyl halides is 1. The quantitative estimate of drug-likeness (QED) is 0.827. The van der Waals surface area contributed by atoms with Crippen molar-refractivity contribution < 1.29 is 13.9 Å². The van der Waals surface area contributed by atoms with Crippen LogP contribution in [0.1, 0.15) is 5.56 Å². The van der Waals surface area contributed by atoms with Crippen LogP contribution < -0.4 is 15.8 Å². The second-order valence-corrected chi connectivity index (χ2v) is 4.51. The lowest BCUT2D eigenvalue weighted by atomic mass is 10.2. The smallest absolute Gasteiger partial charge is 0.239 e. The zero-order valence-corrected chi connectivity index (χ0v) is 12.2. The number of nitrogens with one attached hydrogen (secondary N) is 1. The van der Waals surface area contributed by atoms with Crippen molar-refractivity contribution in [2.45, 2.75) is 0 Å². The number of hydrogen-bond donors (Lipinski definition) is 2. The lowest BCUT2D eigenvalue weighted by molar-refractivity contribution is -0.113. The Balaban J connectivity index is 2.26. The molecule has 0 spiro atoms. The maximum absolute atomic E-state index is 14.0. The molecule has 3 N–H and O–H groups in total. The minimum Gasteiger partial charge on any atom is -0.453 e. The van der Waals surface area contributed by atoms with Gasteiger partial charge in [0.25, 0.3) is 0 Å². The van der Waals surface area contributed by atoms with Crippen LogP contribution in [0.15, 0.2) is 37.0 Å². The lowest BCUT2D eigenvalue weighted by Crippen LogP contribution is -2.12. The highest BCUT2D eigenvalue weighted by atomic mass is 35.5. The van der Waals surface area contributed by atoms with Crippen molar-refractivity contribution in [1.82, 2.24) is 4.98 Å². The van der Waals surface area contributed by atoms with E-state index in [0.717, 1.165) is 6.07 Å². The number of carbonyl (C=O) groups is 1. The molecule has 0 aliphatic carbocycles. The van der Waals surface area contributed by atoms with Crippen molar-refractivity contribution in [2.24, 2.45) is 0 Å². The summed E-state index contributed by atoms with van der Waals surface area (Å²) >= 11 is 5.37. The van der Waals surface area contributed by atoms with Gasteiger partial charge in [-0.3, -0.25) is 4.79 Å². The zero-order valence-electron chi connectivity index (χ0n) is 11.5. The summed E-state index contributed by atoms with van der Waals surface area (Å²) in [4.78, 5) is 15.1. The third kappa shape index (κ3) is 3.53. The molecule has 0 aliphatic rings. The van der Waals surface area contributed by atoms with Gasteiger partial charge in [-0.2, -0.15) is 0 Å². The number of nitrogen functional groups attached to an aromatic ring is 1. The van der Waals surface area contributed by atoms with Crippen LogP contribution in [0.5, 0.6) is 11.5 Å². The molecular formula is C15H13ClFN3O2. The first kappa shape index (κ1) is 15.8. The second-order valence-electron chi connectivity index (χ2n) is 4.24. The van der Waals surface area contributed by atoms with E-state index < -0.39 is 11.7 Å². The fourth-order valence-electron chi connectivity index (χ4n) is 1.74. The number of pyridine rings is 1. The third-order valence-corrected chi connectivity index (χ3v) is 2.98. The number of nitrogens with zero attached hydrogens (tertiary/aromatic N) is 1. The largest absolute Gasteiger partial charge is 0.453 e. The normalized spacial score (nSPS) is 10.1. The fourth-order valence-corrected chi connectivity index (χ4v) is 1.81. The van der Waals surface area contributed by atoms with E-state index in [9.17, 15) is 9.18 Å². The van der Waals surface area contributed by atoms with Gasteiger partial charge in [-0.15, -0.1) is 11.6 Å². The molecule has 1 amide bonds. The molecule has 1 aromatic heterocycles. The van der Waals surface area contributed by atoms with E-state index in [4.69, 9.17) is 22.1 Å². The molecule has 0 aliphatic heterocycles. The third-order valence-electron chi connectivity index (χ3n) is 2.74. The maximum Gasteiger partial charge on any atom is 0.239 e. The molecule has 1 heterocycles. The van der Waals surface area contributed by atoms with Crippen molar-refractivity contribution in [1.29, 1.82) is 0 Å². The Bertz CT molecular complexity index is 722. The molecule has 0 atom stereocenters. The monoisotopic (exact) mass is 321 g/mol. The fraction of sp³-hybridized carbons (Fsp3) is 0.0667. The van der Waals surface area contributed by atoms with Crippen molar-refractivity contribution >= 4 is 35.1 Å². The van der Waals surface area contributed by atoms with Crippen molar-refractivity contribution in [3.05, 3.63) is 48.4 Å². The van der Waals surface area contributed by atoms with Crippen molar-refractivity contribution in [3.63, 3.8) is 0 Å². The van der Waals surface area contributed by atoms with Crippen LogP contribution in [0, 0.1) is 5.82 Å². The molecule has 2 aromatic rings. The first-order valence-electron chi connectivity index (χ1n) is 6.25. The predicted octanol–water partition coefficient (Wildman–Crippen LogP) is 3.42. The van der Waals surface area contributed by atoms with E-state index in [2.05, 4.69) is 16.9 Å². The van der Waals surface area contributed by atoms with E-state index in [1.54, 1.807) is 6.07 Å². The van der Waals surface area contributed by atoms with Gasteiger partial charge in [-0.1, -0.05) is 12.7 Å². The van der Waals surface area contributed by atoms with Gasteiger partial charge in [0.15, 0.2) is 11.6 Å². The average Bonchev–Trinajstić information content (AvgIpc) is 2.50. The molecule has 114 valence electrons. The van der Waals surface area contributed by atoms with E-state index in [0.29, 0.717) is 11.3 Å². The highest BCUT2D eigenvalue weighted by molar-refractivity contribution is 6.29. The number of nitrogens with two attached hydrogens (primary N) is 1. The van der Waals surface area contributed by atoms with Gasteiger partial charge < -0.3 is 15.8 Å².